The normalized spacial score (nSPS) is 25.3. The molecule has 0 bridgehead atoms. The number of ketones is 1. The molecule has 2 aliphatic heterocycles. The lowest BCUT2D eigenvalue weighted by molar-refractivity contribution is -0.119. The lowest BCUT2D eigenvalue weighted by Gasteiger charge is -2.35. The van der Waals surface area contributed by atoms with Crippen LogP contribution in [0.1, 0.15) is 29.6 Å². The highest BCUT2D eigenvalue weighted by molar-refractivity contribution is 7.66. The molecule has 1 amide bonds. The first-order valence-electron chi connectivity index (χ1n) is 9.77. The molecule has 2 unspecified atom stereocenters. The summed E-state index contributed by atoms with van der Waals surface area (Å²) < 4.78 is 45.0. The van der Waals surface area contributed by atoms with Crippen molar-refractivity contribution in [3.63, 3.8) is 0 Å². The summed E-state index contributed by atoms with van der Waals surface area (Å²) in [5, 5.41) is 2.69. The van der Waals surface area contributed by atoms with Crippen LogP contribution in [0.2, 0.25) is 0 Å². The van der Waals surface area contributed by atoms with E-state index in [0.29, 0.717) is 18.2 Å². The van der Waals surface area contributed by atoms with Crippen molar-refractivity contribution in [1.82, 2.24) is 0 Å². The van der Waals surface area contributed by atoms with Crippen LogP contribution in [-0.4, -0.2) is 24.1 Å². The number of nitrogens with zero attached hydrogens (tertiary/aromatic N) is 2. The Balaban J connectivity index is 1.58. The molecule has 2 aromatic rings. The Labute approximate surface area is 171 Å². The maximum atomic E-state index is 14.9. The van der Waals surface area contributed by atoms with Gasteiger partial charge in [-0.15, -0.1) is 0 Å². The Morgan fingerprint density at radius 2 is 1.93 bits per heavy atom. The summed E-state index contributed by atoms with van der Waals surface area (Å²) in [5.41, 5.74) is 0.569. The highest BCUT2D eigenvalue weighted by Crippen LogP contribution is 2.52. The number of carbonyl (C=O) groups excluding carboxylic acids is 2. The van der Waals surface area contributed by atoms with E-state index in [1.807, 2.05) is 0 Å². The lowest BCUT2D eigenvalue weighted by Crippen LogP contribution is -2.50. The first-order chi connectivity index (χ1) is 14.3. The second-order valence-electron chi connectivity index (χ2n) is 7.81. The first-order valence-corrected chi connectivity index (χ1v) is 11.3. The summed E-state index contributed by atoms with van der Waals surface area (Å²) >= 11 is 0. The highest BCUT2D eigenvalue weighted by atomic mass is 31.2. The van der Waals surface area contributed by atoms with Gasteiger partial charge in [0.1, 0.15) is 11.7 Å². The van der Waals surface area contributed by atoms with Crippen molar-refractivity contribution >= 4 is 41.8 Å². The SMILES string of the molecule is O=C1c2cc(F)ccc2N(CCC2CC2)C(=O)C1C1=NP(=O)(F)c2ccccc2N1. The van der Waals surface area contributed by atoms with Crippen molar-refractivity contribution < 1.29 is 22.7 Å². The molecule has 1 N–H and O–H groups in total. The van der Waals surface area contributed by atoms with E-state index in [4.69, 9.17) is 0 Å². The van der Waals surface area contributed by atoms with E-state index in [-0.39, 0.29) is 22.4 Å². The summed E-state index contributed by atoms with van der Waals surface area (Å²) in [6.45, 7) is 0.364. The molecule has 9 heteroatoms. The topological polar surface area (TPSA) is 78.8 Å². The molecular weight excluding hydrogens is 411 g/mol. The van der Waals surface area contributed by atoms with Gasteiger partial charge in [0.25, 0.3) is 0 Å². The third kappa shape index (κ3) is 3.16. The van der Waals surface area contributed by atoms with Crippen molar-refractivity contribution in [2.45, 2.75) is 19.3 Å². The lowest BCUT2D eigenvalue weighted by atomic mass is 9.88. The van der Waals surface area contributed by atoms with Gasteiger partial charge < -0.3 is 10.2 Å². The van der Waals surface area contributed by atoms with Gasteiger partial charge in [-0.25, -0.2) is 4.39 Å². The molecule has 0 aromatic heterocycles. The summed E-state index contributed by atoms with van der Waals surface area (Å²) in [6, 6.07) is 9.69. The smallest absolute Gasteiger partial charge is 0.342 e. The number of rotatable bonds is 4. The van der Waals surface area contributed by atoms with Gasteiger partial charge in [0.2, 0.25) is 5.91 Å². The predicted octanol–water partition coefficient (Wildman–Crippen LogP) is 4.08. The van der Waals surface area contributed by atoms with Crippen molar-refractivity contribution in [2.75, 3.05) is 16.8 Å². The number of hydrogen-bond acceptors (Lipinski definition) is 4. The molecule has 154 valence electrons. The van der Waals surface area contributed by atoms with E-state index in [1.165, 1.54) is 35.2 Å². The first kappa shape index (κ1) is 19.1. The number of fused-ring (bicyclic) bond motifs is 2. The predicted molar refractivity (Wildman–Crippen MR) is 110 cm³/mol. The van der Waals surface area contributed by atoms with Crippen LogP contribution >= 0.6 is 7.60 Å². The van der Waals surface area contributed by atoms with Crippen LogP contribution in [0.3, 0.4) is 0 Å². The standard InChI is InChI=1S/C21H18F2N3O3P/c22-13-7-8-16-14(11-13)19(27)18(21(28)26(16)10-9-12-5-6-12)20-24-15-3-1-2-4-17(15)30(23,29)25-20/h1-4,7-8,11-12,18H,5-6,9-10H2,(H,24,25,29). The van der Waals surface area contributed by atoms with E-state index < -0.39 is 31.0 Å². The maximum absolute atomic E-state index is 14.9. The van der Waals surface area contributed by atoms with Gasteiger partial charge in [0.15, 0.2) is 11.7 Å². The molecule has 0 radical (unpaired) electrons. The molecule has 30 heavy (non-hydrogen) atoms. The molecule has 3 aliphatic rings. The number of nitrogens with one attached hydrogen (secondary N) is 1. The molecule has 2 aromatic carbocycles. The zero-order valence-corrected chi connectivity index (χ0v) is 16.7. The van der Waals surface area contributed by atoms with Gasteiger partial charge in [-0.3, -0.25) is 14.2 Å². The van der Waals surface area contributed by atoms with E-state index in [1.54, 1.807) is 6.07 Å². The van der Waals surface area contributed by atoms with Crippen LogP contribution in [0.4, 0.5) is 20.0 Å². The third-order valence-electron chi connectivity index (χ3n) is 5.72. The number of anilines is 2. The number of hydrogen-bond donors (Lipinski definition) is 1. The number of halogens is 2. The number of para-hydroxylation sites is 1. The fraction of sp³-hybridized carbons (Fsp3) is 0.286. The minimum Gasteiger partial charge on any atom is -0.342 e. The largest absolute Gasteiger partial charge is 0.384 e. The number of amides is 1. The molecule has 0 spiro atoms. The molecule has 1 fully saturated rings. The summed E-state index contributed by atoms with van der Waals surface area (Å²) in [4.78, 5) is 27.9. The van der Waals surface area contributed by atoms with Gasteiger partial charge in [-0.1, -0.05) is 25.0 Å². The minimum atomic E-state index is -4.66. The summed E-state index contributed by atoms with van der Waals surface area (Å²) in [6.07, 6.45) is 2.95. The Morgan fingerprint density at radius 1 is 1.17 bits per heavy atom. The Bertz CT molecular complexity index is 1160. The maximum Gasteiger partial charge on any atom is 0.384 e. The van der Waals surface area contributed by atoms with Crippen LogP contribution in [0.25, 0.3) is 0 Å². The van der Waals surface area contributed by atoms with Gasteiger partial charge in [0.05, 0.1) is 16.7 Å². The van der Waals surface area contributed by atoms with Crippen molar-refractivity contribution in [2.24, 2.45) is 16.6 Å². The Hall–Kier alpha value is -2.86. The van der Waals surface area contributed by atoms with Crippen molar-refractivity contribution in [1.29, 1.82) is 0 Å². The second kappa shape index (κ2) is 6.84. The average Bonchev–Trinajstić information content (AvgIpc) is 3.52. The van der Waals surface area contributed by atoms with E-state index in [0.717, 1.165) is 25.3 Å². The van der Waals surface area contributed by atoms with Crippen LogP contribution in [-0.2, 0) is 9.36 Å². The Morgan fingerprint density at radius 3 is 2.70 bits per heavy atom. The minimum absolute atomic E-state index is 0.0347. The number of amidine groups is 1. The van der Waals surface area contributed by atoms with Gasteiger partial charge >= 0.3 is 7.60 Å². The molecule has 6 nitrogen and oxygen atoms in total. The van der Waals surface area contributed by atoms with E-state index in [2.05, 4.69) is 10.1 Å². The van der Waals surface area contributed by atoms with Crippen molar-refractivity contribution in [3.8, 4) is 0 Å². The van der Waals surface area contributed by atoms with Crippen LogP contribution in [0, 0.1) is 17.7 Å². The zero-order valence-electron chi connectivity index (χ0n) is 15.8. The molecule has 1 saturated carbocycles. The number of benzene rings is 2. The quantitative estimate of drug-likeness (QED) is 0.587. The monoisotopic (exact) mass is 429 g/mol. The second-order valence-corrected chi connectivity index (χ2v) is 9.50. The highest BCUT2D eigenvalue weighted by Gasteiger charge is 2.46. The Kier molecular flexibility index (Phi) is 4.36. The third-order valence-corrected chi connectivity index (χ3v) is 7.18. The number of Topliss-reactive ketones (excluding diaryl/α,β-unsaturated/α-hetero) is 1. The fourth-order valence-electron chi connectivity index (χ4n) is 3.98. The van der Waals surface area contributed by atoms with Crippen LogP contribution < -0.4 is 15.5 Å². The van der Waals surface area contributed by atoms with E-state index >= 15 is 0 Å². The van der Waals surface area contributed by atoms with Gasteiger partial charge in [-0.05, 0) is 42.7 Å². The van der Waals surface area contributed by atoms with Crippen LogP contribution in [0.5, 0.6) is 0 Å². The van der Waals surface area contributed by atoms with Crippen LogP contribution in [0.15, 0.2) is 47.2 Å². The van der Waals surface area contributed by atoms with Crippen molar-refractivity contribution in [3.05, 3.63) is 53.8 Å². The number of carbonyl (C=O) groups is 2. The molecule has 1 aliphatic carbocycles. The van der Waals surface area contributed by atoms with E-state index in [9.17, 15) is 22.7 Å². The molecular formula is C21H18F2N3O3P. The van der Waals surface area contributed by atoms with Gasteiger partial charge in [0, 0.05) is 12.1 Å². The molecule has 2 atom stereocenters. The molecule has 5 rings (SSSR count). The summed E-state index contributed by atoms with van der Waals surface area (Å²) in [5.74, 6) is -3.16. The molecule has 2 heterocycles. The molecule has 0 saturated heterocycles. The van der Waals surface area contributed by atoms with Gasteiger partial charge in [-0.2, -0.15) is 8.96 Å². The average molecular weight is 429 g/mol. The zero-order chi connectivity index (χ0) is 21.0. The summed E-state index contributed by atoms with van der Waals surface area (Å²) in [7, 11) is -4.66. The fourth-order valence-corrected chi connectivity index (χ4v) is 5.23.